The first kappa shape index (κ1) is 12.7. The minimum atomic E-state index is -0.281. The van der Waals surface area contributed by atoms with E-state index in [-0.39, 0.29) is 5.60 Å². The summed E-state index contributed by atoms with van der Waals surface area (Å²) in [6.45, 7) is 9.93. The van der Waals surface area contributed by atoms with Crippen molar-refractivity contribution in [2.75, 3.05) is 0 Å². The van der Waals surface area contributed by atoms with Gasteiger partial charge in [0.1, 0.15) is 0 Å². The van der Waals surface area contributed by atoms with Crippen molar-refractivity contribution in [3.05, 3.63) is 0 Å². The third kappa shape index (κ3) is 1.19. The molecule has 5 rings (SSSR count). The molecule has 19 heavy (non-hydrogen) atoms. The van der Waals surface area contributed by atoms with Gasteiger partial charge in [0.15, 0.2) is 0 Å². The molecule has 5 saturated carbocycles. The minimum Gasteiger partial charge on any atom is -0.390 e. The van der Waals surface area contributed by atoms with E-state index < -0.39 is 0 Å². The molecule has 4 bridgehead atoms. The van der Waals surface area contributed by atoms with E-state index in [1.54, 1.807) is 0 Å². The predicted molar refractivity (Wildman–Crippen MR) is 77.8 cm³/mol. The van der Waals surface area contributed by atoms with E-state index in [9.17, 15) is 5.11 Å². The maximum Gasteiger partial charge on any atom is 0.0653 e. The molecule has 108 valence electrons. The van der Waals surface area contributed by atoms with Gasteiger partial charge in [-0.1, -0.05) is 27.7 Å². The van der Waals surface area contributed by atoms with Crippen LogP contribution >= 0.6 is 0 Å². The van der Waals surface area contributed by atoms with E-state index in [4.69, 9.17) is 0 Å². The SMILES string of the molecule is CC(C)C12CC(C(C)(C)C34CCC(O)(CC3)C4)(C1)C2. The van der Waals surface area contributed by atoms with Crippen molar-refractivity contribution in [2.24, 2.45) is 27.6 Å². The molecular formula is C18H30O. The lowest BCUT2D eigenvalue weighted by atomic mass is 9.24. The molecule has 0 aliphatic heterocycles. The third-order valence-corrected chi connectivity index (χ3v) is 8.75. The molecule has 0 aromatic carbocycles. The summed E-state index contributed by atoms with van der Waals surface area (Å²) >= 11 is 0. The number of aliphatic hydroxyl groups is 1. The lowest BCUT2D eigenvalue weighted by molar-refractivity contribution is -0.308. The van der Waals surface area contributed by atoms with Gasteiger partial charge >= 0.3 is 0 Å². The summed E-state index contributed by atoms with van der Waals surface area (Å²) in [5.74, 6) is 0.867. The van der Waals surface area contributed by atoms with Crippen LogP contribution in [0.2, 0.25) is 0 Å². The molecule has 0 amide bonds. The van der Waals surface area contributed by atoms with Crippen molar-refractivity contribution in [1.82, 2.24) is 0 Å². The van der Waals surface area contributed by atoms with Crippen LogP contribution in [0.25, 0.3) is 0 Å². The monoisotopic (exact) mass is 262 g/mol. The van der Waals surface area contributed by atoms with Gasteiger partial charge in [-0.3, -0.25) is 0 Å². The van der Waals surface area contributed by atoms with Crippen molar-refractivity contribution in [2.45, 2.75) is 84.7 Å². The normalized spacial score (nSPS) is 55.3. The Kier molecular flexibility index (Phi) is 2.06. The van der Waals surface area contributed by atoms with Gasteiger partial charge in [-0.15, -0.1) is 0 Å². The molecule has 0 unspecified atom stereocenters. The lowest BCUT2D eigenvalue weighted by Crippen LogP contribution is -2.71. The zero-order chi connectivity index (χ0) is 13.7. The molecule has 1 N–H and O–H groups in total. The fourth-order valence-corrected chi connectivity index (χ4v) is 6.73. The topological polar surface area (TPSA) is 20.2 Å². The molecule has 0 aromatic rings. The van der Waals surface area contributed by atoms with Crippen molar-refractivity contribution in [3.8, 4) is 0 Å². The van der Waals surface area contributed by atoms with Crippen LogP contribution in [0.5, 0.6) is 0 Å². The van der Waals surface area contributed by atoms with Gasteiger partial charge < -0.3 is 5.11 Å². The van der Waals surface area contributed by atoms with E-state index in [0.29, 0.717) is 21.7 Å². The Morgan fingerprint density at radius 3 is 1.74 bits per heavy atom. The third-order valence-electron chi connectivity index (χ3n) is 8.75. The molecule has 0 saturated heterocycles. The fourth-order valence-electron chi connectivity index (χ4n) is 6.73. The Balaban J connectivity index is 1.60. The van der Waals surface area contributed by atoms with Crippen molar-refractivity contribution < 1.29 is 5.11 Å². The Morgan fingerprint density at radius 2 is 1.37 bits per heavy atom. The standard InChI is InChI=1S/C18H30O/c1-13(2)15-9-17(10-15,11-15)14(3,4)16-5-7-18(19,12-16)8-6-16/h13,19H,5-12H2,1-4H3. The lowest BCUT2D eigenvalue weighted by Gasteiger charge is -2.80. The van der Waals surface area contributed by atoms with Crippen LogP contribution in [0.4, 0.5) is 0 Å². The van der Waals surface area contributed by atoms with Gasteiger partial charge in [0, 0.05) is 0 Å². The molecule has 0 radical (unpaired) electrons. The number of hydrogen-bond acceptors (Lipinski definition) is 1. The molecule has 5 aliphatic rings. The van der Waals surface area contributed by atoms with Gasteiger partial charge in [0.25, 0.3) is 0 Å². The summed E-state index contributed by atoms with van der Waals surface area (Å²) in [4.78, 5) is 0. The van der Waals surface area contributed by atoms with Crippen molar-refractivity contribution >= 4 is 0 Å². The molecule has 5 fully saturated rings. The van der Waals surface area contributed by atoms with Crippen LogP contribution in [0.3, 0.4) is 0 Å². The molecule has 0 spiro atoms. The second kappa shape index (κ2) is 3.08. The van der Waals surface area contributed by atoms with E-state index in [1.165, 1.54) is 32.1 Å². The Labute approximate surface area is 118 Å². The van der Waals surface area contributed by atoms with Gasteiger partial charge in [-0.2, -0.15) is 0 Å². The van der Waals surface area contributed by atoms with Gasteiger partial charge in [-0.05, 0) is 78.9 Å². The van der Waals surface area contributed by atoms with E-state index >= 15 is 0 Å². The summed E-state index contributed by atoms with van der Waals surface area (Å²) in [7, 11) is 0. The van der Waals surface area contributed by atoms with Crippen LogP contribution in [-0.4, -0.2) is 10.7 Å². The molecular weight excluding hydrogens is 232 g/mol. The molecule has 0 atom stereocenters. The zero-order valence-electron chi connectivity index (χ0n) is 13.2. The summed E-state index contributed by atoms with van der Waals surface area (Å²) in [5, 5.41) is 10.6. The first-order valence-corrected chi connectivity index (χ1v) is 8.41. The smallest absolute Gasteiger partial charge is 0.0653 e. The van der Waals surface area contributed by atoms with Crippen LogP contribution in [0.15, 0.2) is 0 Å². The van der Waals surface area contributed by atoms with Crippen LogP contribution in [0, 0.1) is 27.6 Å². The van der Waals surface area contributed by atoms with Crippen molar-refractivity contribution in [3.63, 3.8) is 0 Å². The summed E-state index contributed by atoms with van der Waals surface area (Å²) in [5.41, 5.74) is 1.97. The second-order valence-electron chi connectivity index (χ2n) is 9.63. The first-order chi connectivity index (χ1) is 8.69. The second-order valence-corrected chi connectivity index (χ2v) is 9.63. The van der Waals surface area contributed by atoms with Gasteiger partial charge in [0.05, 0.1) is 5.60 Å². The first-order valence-electron chi connectivity index (χ1n) is 8.41. The maximum absolute atomic E-state index is 10.6. The summed E-state index contributed by atoms with van der Waals surface area (Å²) in [6.07, 6.45) is 10.2. The largest absolute Gasteiger partial charge is 0.390 e. The minimum absolute atomic E-state index is 0.281. The maximum atomic E-state index is 10.6. The Bertz CT molecular complexity index is 403. The van der Waals surface area contributed by atoms with Gasteiger partial charge in [0.2, 0.25) is 0 Å². The van der Waals surface area contributed by atoms with Crippen LogP contribution in [-0.2, 0) is 0 Å². The highest BCUT2D eigenvalue weighted by atomic mass is 16.3. The number of hydrogen-bond donors (Lipinski definition) is 1. The summed E-state index contributed by atoms with van der Waals surface area (Å²) < 4.78 is 0. The highest BCUT2D eigenvalue weighted by molar-refractivity contribution is 5.27. The average Bonchev–Trinajstić information content (AvgIpc) is 2.66. The molecule has 1 nitrogen and oxygen atoms in total. The van der Waals surface area contributed by atoms with Crippen molar-refractivity contribution in [1.29, 1.82) is 0 Å². The molecule has 5 aliphatic carbocycles. The zero-order valence-corrected chi connectivity index (χ0v) is 13.2. The Morgan fingerprint density at radius 1 is 0.842 bits per heavy atom. The fraction of sp³-hybridized carbons (Fsp3) is 1.00. The molecule has 0 aromatic heterocycles. The number of rotatable bonds is 3. The van der Waals surface area contributed by atoms with E-state index in [0.717, 1.165) is 25.2 Å². The molecule has 0 heterocycles. The van der Waals surface area contributed by atoms with Crippen LogP contribution in [0.1, 0.15) is 79.1 Å². The summed E-state index contributed by atoms with van der Waals surface area (Å²) in [6, 6.07) is 0. The van der Waals surface area contributed by atoms with Gasteiger partial charge in [-0.25, -0.2) is 0 Å². The molecule has 1 heteroatoms. The van der Waals surface area contributed by atoms with E-state index in [1.807, 2.05) is 0 Å². The highest BCUT2D eigenvalue weighted by Crippen LogP contribution is 2.85. The Hall–Kier alpha value is -0.0400. The van der Waals surface area contributed by atoms with Crippen LogP contribution < -0.4 is 0 Å². The van der Waals surface area contributed by atoms with E-state index in [2.05, 4.69) is 27.7 Å². The average molecular weight is 262 g/mol. The predicted octanol–water partition coefficient (Wildman–Crippen LogP) is 4.53. The highest BCUT2D eigenvalue weighted by Gasteiger charge is 2.77. The quantitative estimate of drug-likeness (QED) is 0.792. The number of fused-ring (bicyclic) bond motifs is 2.